The van der Waals surface area contributed by atoms with E-state index in [1.54, 1.807) is 0 Å². The number of nitrogens with two attached hydrogens (primary N) is 1. The molecular weight excluding hydrogens is 174 g/mol. The Kier molecular flexibility index (Phi) is 2.73. The molecule has 76 valence electrons. The van der Waals surface area contributed by atoms with Crippen LogP contribution in [0.25, 0.3) is 0 Å². The van der Waals surface area contributed by atoms with Crippen LogP contribution in [0.2, 0.25) is 0 Å². The third-order valence-electron chi connectivity index (χ3n) is 2.59. The van der Waals surface area contributed by atoms with Crippen LogP contribution in [0.4, 0.5) is 0 Å². The molecule has 0 saturated heterocycles. The van der Waals surface area contributed by atoms with Crippen molar-refractivity contribution >= 4 is 0 Å². The number of benzene rings is 1. The molecule has 0 unspecified atom stereocenters. The third-order valence-corrected chi connectivity index (χ3v) is 2.59. The van der Waals surface area contributed by atoms with Crippen molar-refractivity contribution in [3.8, 4) is 5.75 Å². The second kappa shape index (κ2) is 4.01. The van der Waals surface area contributed by atoms with Crippen LogP contribution in [0.5, 0.6) is 5.75 Å². The molecular formula is C12H17NO. The summed E-state index contributed by atoms with van der Waals surface area (Å²) in [6.07, 6.45) is 3.85. The van der Waals surface area contributed by atoms with Crippen molar-refractivity contribution in [2.45, 2.75) is 38.8 Å². The molecule has 14 heavy (non-hydrogen) atoms. The molecule has 1 aliphatic carbocycles. The predicted molar refractivity (Wildman–Crippen MR) is 57.4 cm³/mol. The number of rotatable bonds is 4. The van der Waals surface area contributed by atoms with E-state index in [2.05, 4.69) is 25.1 Å². The fourth-order valence-corrected chi connectivity index (χ4v) is 1.58. The van der Waals surface area contributed by atoms with Crippen LogP contribution in [0.15, 0.2) is 18.2 Å². The first kappa shape index (κ1) is 9.53. The highest BCUT2D eigenvalue weighted by molar-refractivity contribution is 5.42. The molecule has 0 aliphatic heterocycles. The van der Waals surface area contributed by atoms with Crippen molar-refractivity contribution in [2.75, 3.05) is 0 Å². The zero-order valence-electron chi connectivity index (χ0n) is 8.62. The number of hydrogen-bond donors (Lipinski definition) is 1. The highest BCUT2D eigenvalue weighted by atomic mass is 16.5. The Hall–Kier alpha value is -1.02. The lowest BCUT2D eigenvalue weighted by Crippen LogP contribution is -2.06. The van der Waals surface area contributed by atoms with Gasteiger partial charge in [0.1, 0.15) is 5.75 Å². The van der Waals surface area contributed by atoms with Crippen LogP contribution in [-0.4, -0.2) is 6.10 Å². The standard InChI is InChI=1S/C12H17NO/c1-2-9-4-3-5-10(8-13)12(9)14-11-6-7-11/h3-5,11H,2,6-8,13H2,1H3. The molecule has 0 aromatic heterocycles. The molecule has 0 spiro atoms. The summed E-state index contributed by atoms with van der Waals surface area (Å²) in [4.78, 5) is 0. The first-order chi connectivity index (χ1) is 6.85. The van der Waals surface area contributed by atoms with Gasteiger partial charge in [0.25, 0.3) is 0 Å². The van der Waals surface area contributed by atoms with Crippen molar-refractivity contribution < 1.29 is 4.74 Å². The molecule has 2 rings (SSSR count). The molecule has 1 fully saturated rings. The van der Waals surface area contributed by atoms with Crippen molar-refractivity contribution in [1.29, 1.82) is 0 Å². The summed E-state index contributed by atoms with van der Waals surface area (Å²) in [5.41, 5.74) is 8.10. The maximum absolute atomic E-state index is 5.89. The molecule has 1 saturated carbocycles. The van der Waals surface area contributed by atoms with Gasteiger partial charge in [0, 0.05) is 12.1 Å². The third kappa shape index (κ3) is 1.90. The molecule has 1 aromatic carbocycles. The minimum atomic E-state index is 0.452. The van der Waals surface area contributed by atoms with Gasteiger partial charge in [0.15, 0.2) is 0 Å². The topological polar surface area (TPSA) is 35.2 Å². The molecule has 2 N–H and O–H groups in total. The van der Waals surface area contributed by atoms with Gasteiger partial charge in [-0.3, -0.25) is 0 Å². The van der Waals surface area contributed by atoms with Gasteiger partial charge in [0.05, 0.1) is 6.10 Å². The zero-order valence-corrected chi connectivity index (χ0v) is 8.62. The molecule has 0 atom stereocenters. The van der Waals surface area contributed by atoms with Gasteiger partial charge in [-0.2, -0.15) is 0 Å². The van der Waals surface area contributed by atoms with Crippen molar-refractivity contribution in [1.82, 2.24) is 0 Å². The maximum atomic E-state index is 5.89. The Balaban J connectivity index is 2.29. The highest BCUT2D eigenvalue weighted by Gasteiger charge is 2.25. The van der Waals surface area contributed by atoms with Crippen molar-refractivity contribution in [3.63, 3.8) is 0 Å². The molecule has 1 aromatic rings. The van der Waals surface area contributed by atoms with Crippen LogP contribution in [-0.2, 0) is 13.0 Å². The van der Waals surface area contributed by atoms with E-state index in [4.69, 9.17) is 10.5 Å². The van der Waals surface area contributed by atoms with Gasteiger partial charge in [0.2, 0.25) is 0 Å². The van der Waals surface area contributed by atoms with Crippen LogP contribution >= 0.6 is 0 Å². The van der Waals surface area contributed by atoms with Crippen molar-refractivity contribution in [3.05, 3.63) is 29.3 Å². The van der Waals surface area contributed by atoms with Crippen LogP contribution < -0.4 is 10.5 Å². The summed E-state index contributed by atoms with van der Waals surface area (Å²) in [5, 5.41) is 0. The quantitative estimate of drug-likeness (QED) is 0.792. The Labute approximate surface area is 85.1 Å². The van der Waals surface area contributed by atoms with Gasteiger partial charge >= 0.3 is 0 Å². The first-order valence-corrected chi connectivity index (χ1v) is 5.32. The second-order valence-corrected chi connectivity index (χ2v) is 3.78. The minimum Gasteiger partial charge on any atom is -0.490 e. The van der Waals surface area contributed by atoms with Gasteiger partial charge in [-0.1, -0.05) is 25.1 Å². The highest BCUT2D eigenvalue weighted by Crippen LogP contribution is 2.32. The van der Waals surface area contributed by atoms with E-state index in [1.165, 1.54) is 18.4 Å². The van der Waals surface area contributed by atoms with Gasteiger partial charge < -0.3 is 10.5 Å². The zero-order chi connectivity index (χ0) is 9.97. The van der Waals surface area contributed by atoms with Gasteiger partial charge in [-0.15, -0.1) is 0 Å². The fraction of sp³-hybridized carbons (Fsp3) is 0.500. The predicted octanol–water partition coefficient (Wildman–Crippen LogP) is 2.25. The normalized spacial score (nSPS) is 15.6. The molecule has 0 heterocycles. The number of hydrogen-bond acceptors (Lipinski definition) is 2. The second-order valence-electron chi connectivity index (χ2n) is 3.78. The Morgan fingerprint density at radius 2 is 2.07 bits per heavy atom. The smallest absolute Gasteiger partial charge is 0.127 e. The van der Waals surface area contributed by atoms with Gasteiger partial charge in [-0.05, 0) is 24.8 Å². The molecule has 0 bridgehead atoms. The summed E-state index contributed by atoms with van der Waals surface area (Å²) in [6, 6.07) is 6.23. The first-order valence-electron chi connectivity index (χ1n) is 5.32. The number of aryl methyl sites for hydroxylation is 1. The average Bonchev–Trinajstić information content (AvgIpc) is 3.02. The summed E-state index contributed by atoms with van der Waals surface area (Å²) >= 11 is 0. The van der Waals surface area contributed by atoms with E-state index >= 15 is 0 Å². The van der Waals surface area contributed by atoms with E-state index < -0.39 is 0 Å². The Morgan fingerprint density at radius 1 is 1.36 bits per heavy atom. The molecule has 0 radical (unpaired) electrons. The number of para-hydroxylation sites is 1. The average molecular weight is 191 g/mol. The summed E-state index contributed by atoms with van der Waals surface area (Å²) in [6.45, 7) is 2.71. The van der Waals surface area contributed by atoms with Crippen molar-refractivity contribution in [2.24, 2.45) is 5.73 Å². The van der Waals surface area contributed by atoms with Crippen LogP contribution in [0, 0.1) is 0 Å². The SMILES string of the molecule is CCc1cccc(CN)c1OC1CC1. The molecule has 2 heteroatoms. The van der Waals surface area contributed by atoms with Crippen LogP contribution in [0.3, 0.4) is 0 Å². The lowest BCUT2D eigenvalue weighted by Gasteiger charge is -2.13. The van der Waals surface area contributed by atoms with E-state index in [1.807, 2.05) is 0 Å². The lowest BCUT2D eigenvalue weighted by molar-refractivity contribution is 0.297. The maximum Gasteiger partial charge on any atom is 0.127 e. The summed E-state index contributed by atoms with van der Waals surface area (Å²) in [7, 11) is 0. The molecule has 1 aliphatic rings. The molecule has 2 nitrogen and oxygen atoms in total. The minimum absolute atomic E-state index is 0.452. The molecule has 0 amide bonds. The van der Waals surface area contributed by atoms with E-state index in [-0.39, 0.29) is 0 Å². The van der Waals surface area contributed by atoms with E-state index in [9.17, 15) is 0 Å². The number of ether oxygens (including phenoxy) is 1. The monoisotopic (exact) mass is 191 g/mol. The largest absolute Gasteiger partial charge is 0.490 e. The fourth-order valence-electron chi connectivity index (χ4n) is 1.58. The summed E-state index contributed by atoms with van der Waals surface area (Å²) in [5.74, 6) is 1.04. The Morgan fingerprint density at radius 3 is 2.64 bits per heavy atom. The van der Waals surface area contributed by atoms with Crippen LogP contribution in [0.1, 0.15) is 30.9 Å². The summed E-state index contributed by atoms with van der Waals surface area (Å²) < 4.78 is 5.89. The Bertz CT molecular complexity index is 296. The van der Waals surface area contributed by atoms with E-state index in [0.29, 0.717) is 12.6 Å². The van der Waals surface area contributed by atoms with E-state index in [0.717, 1.165) is 17.7 Å². The van der Waals surface area contributed by atoms with Gasteiger partial charge in [-0.25, -0.2) is 0 Å². The lowest BCUT2D eigenvalue weighted by atomic mass is 10.1.